The molecule has 0 aliphatic rings. The van der Waals surface area contributed by atoms with Crippen molar-refractivity contribution in [2.45, 2.75) is 6.54 Å². The van der Waals surface area contributed by atoms with Crippen LogP contribution in [-0.4, -0.2) is 11.1 Å². The van der Waals surface area contributed by atoms with Gasteiger partial charge in [0, 0.05) is 6.07 Å². The summed E-state index contributed by atoms with van der Waals surface area (Å²) in [5.41, 5.74) is 0. The van der Waals surface area contributed by atoms with Crippen LogP contribution in [0.5, 0.6) is 5.75 Å². The van der Waals surface area contributed by atoms with E-state index >= 15 is 0 Å². The van der Waals surface area contributed by atoms with Crippen molar-refractivity contribution in [3.05, 3.63) is 48.4 Å². The fraction of sp³-hybridized carbons (Fsp3) is 0.0909. The number of hydrogen-bond acceptors (Lipinski definition) is 4. The molecule has 1 aromatic heterocycles. The first-order valence-electron chi connectivity index (χ1n) is 4.83. The highest BCUT2D eigenvalue weighted by molar-refractivity contribution is 5.70. The third-order valence-electron chi connectivity index (χ3n) is 1.87. The van der Waals surface area contributed by atoms with E-state index in [1.807, 2.05) is 0 Å². The van der Waals surface area contributed by atoms with Gasteiger partial charge in [0.05, 0.1) is 12.7 Å². The van der Waals surface area contributed by atoms with Gasteiger partial charge in [0.15, 0.2) is 0 Å². The summed E-state index contributed by atoms with van der Waals surface area (Å²) in [5, 5.41) is 2.41. The van der Waals surface area contributed by atoms with Crippen molar-refractivity contribution >= 4 is 6.09 Å². The fourth-order valence-electron chi connectivity index (χ4n) is 1.16. The molecule has 0 saturated heterocycles. The number of amides is 1. The summed E-state index contributed by atoms with van der Waals surface area (Å²) in [6.07, 6.45) is 2.16. The van der Waals surface area contributed by atoms with Gasteiger partial charge in [-0.2, -0.15) is 0 Å². The number of aromatic nitrogens is 1. The van der Waals surface area contributed by atoms with Crippen LogP contribution >= 0.6 is 0 Å². The lowest BCUT2D eigenvalue weighted by Gasteiger charge is -2.04. The number of hydrogen-bond donors (Lipinski definition) is 1. The predicted octanol–water partition coefficient (Wildman–Crippen LogP) is 2.10. The lowest BCUT2D eigenvalue weighted by molar-refractivity contribution is 0.198. The SMILES string of the molecule is O=C(NCc1ncco1)Oc1cccc(F)c1. The lowest BCUT2D eigenvalue weighted by atomic mass is 10.3. The average Bonchev–Trinajstić information content (AvgIpc) is 2.79. The van der Waals surface area contributed by atoms with Crippen molar-refractivity contribution in [3.63, 3.8) is 0 Å². The van der Waals surface area contributed by atoms with E-state index in [1.54, 1.807) is 0 Å². The third kappa shape index (κ3) is 3.30. The molecule has 5 nitrogen and oxygen atoms in total. The Morgan fingerprint density at radius 1 is 1.53 bits per heavy atom. The quantitative estimate of drug-likeness (QED) is 0.886. The molecule has 1 amide bonds. The summed E-state index contributed by atoms with van der Waals surface area (Å²) in [7, 11) is 0. The second-order valence-electron chi connectivity index (χ2n) is 3.13. The van der Waals surface area contributed by atoms with Gasteiger partial charge in [0.25, 0.3) is 0 Å². The van der Waals surface area contributed by atoms with Gasteiger partial charge in [-0.15, -0.1) is 0 Å². The molecule has 0 saturated carbocycles. The standard InChI is InChI=1S/C11H9FN2O3/c12-8-2-1-3-9(6-8)17-11(15)14-7-10-13-4-5-16-10/h1-6H,7H2,(H,14,15). The zero-order valence-electron chi connectivity index (χ0n) is 8.72. The van der Waals surface area contributed by atoms with E-state index < -0.39 is 11.9 Å². The van der Waals surface area contributed by atoms with Crippen LogP contribution in [0.2, 0.25) is 0 Å². The Kier molecular flexibility index (Phi) is 3.34. The fourth-order valence-corrected chi connectivity index (χ4v) is 1.16. The highest BCUT2D eigenvalue weighted by Crippen LogP contribution is 2.11. The van der Waals surface area contributed by atoms with E-state index in [9.17, 15) is 9.18 Å². The van der Waals surface area contributed by atoms with Crippen molar-refractivity contribution in [1.82, 2.24) is 10.3 Å². The van der Waals surface area contributed by atoms with E-state index in [2.05, 4.69) is 10.3 Å². The molecule has 0 bridgehead atoms. The molecular weight excluding hydrogens is 227 g/mol. The van der Waals surface area contributed by atoms with E-state index in [4.69, 9.17) is 9.15 Å². The Hall–Kier alpha value is -2.37. The topological polar surface area (TPSA) is 64.4 Å². The van der Waals surface area contributed by atoms with Crippen LogP contribution in [0.15, 0.2) is 41.1 Å². The maximum Gasteiger partial charge on any atom is 0.413 e. The Morgan fingerprint density at radius 3 is 3.12 bits per heavy atom. The number of nitrogens with one attached hydrogen (secondary N) is 1. The molecular formula is C11H9FN2O3. The third-order valence-corrected chi connectivity index (χ3v) is 1.87. The molecule has 0 spiro atoms. The Labute approximate surface area is 96.2 Å². The lowest BCUT2D eigenvalue weighted by Crippen LogP contribution is -2.26. The van der Waals surface area contributed by atoms with Gasteiger partial charge in [-0.25, -0.2) is 14.2 Å². The maximum atomic E-state index is 12.8. The predicted molar refractivity (Wildman–Crippen MR) is 55.8 cm³/mol. The van der Waals surface area contributed by atoms with E-state index in [0.717, 1.165) is 6.07 Å². The van der Waals surface area contributed by atoms with Crippen LogP contribution in [0.1, 0.15) is 5.89 Å². The van der Waals surface area contributed by atoms with Gasteiger partial charge < -0.3 is 14.5 Å². The van der Waals surface area contributed by atoms with Crippen LogP contribution in [0.3, 0.4) is 0 Å². The molecule has 0 unspecified atom stereocenters. The van der Waals surface area contributed by atoms with Crippen LogP contribution in [-0.2, 0) is 6.54 Å². The van der Waals surface area contributed by atoms with Crippen LogP contribution in [0.25, 0.3) is 0 Å². The summed E-state index contributed by atoms with van der Waals surface area (Å²) in [6, 6.07) is 5.31. The molecule has 88 valence electrons. The molecule has 17 heavy (non-hydrogen) atoms. The second-order valence-corrected chi connectivity index (χ2v) is 3.13. The molecule has 0 aliphatic carbocycles. The first-order valence-corrected chi connectivity index (χ1v) is 4.83. The number of ether oxygens (including phenoxy) is 1. The number of halogens is 1. The Balaban J connectivity index is 1.85. The van der Waals surface area contributed by atoms with Crippen molar-refractivity contribution in [2.75, 3.05) is 0 Å². The van der Waals surface area contributed by atoms with Crippen molar-refractivity contribution in [1.29, 1.82) is 0 Å². The first-order chi connectivity index (χ1) is 8.24. The minimum atomic E-state index is -0.700. The minimum absolute atomic E-state index is 0.112. The van der Waals surface area contributed by atoms with Crippen molar-refractivity contribution in [3.8, 4) is 5.75 Å². The Morgan fingerprint density at radius 2 is 2.41 bits per heavy atom. The highest BCUT2D eigenvalue weighted by atomic mass is 19.1. The summed E-state index contributed by atoms with van der Waals surface area (Å²) < 4.78 is 22.5. The second kappa shape index (κ2) is 5.11. The number of carbonyl (C=O) groups excluding carboxylic acids is 1. The van der Waals surface area contributed by atoms with Gasteiger partial charge in [-0.1, -0.05) is 6.07 Å². The van der Waals surface area contributed by atoms with E-state index in [-0.39, 0.29) is 12.3 Å². The molecule has 1 heterocycles. The average molecular weight is 236 g/mol. The molecule has 0 atom stereocenters. The molecule has 2 aromatic rings. The molecule has 0 radical (unpaired) electrons. The molecule has 2 rings (SSSR count). The van der Waals surface area contributed by atoms with Crippen LogP contribution < -0.4 is 10.1 Å². The van der Waals surface area contributed by atoms with Crippen molar-refractivity contribution < 1.29 is 18.3 Å². The van der Waals surface area contributed by atoms with Gasteiger partial charge in [-0.3, -0.25) is 0 Å². The zero-order valence-corrected chi connectivity index (χ0v) is 8.72. The zero-order chi connectivity index (χ0) is 12.1. The number of oxazole rings is 1. The monoisotopic (exact) mass is 236 g/mol. The smallest absolute Gasteiger partial charge is 0.413 e. The van der Waals surface area contributed by atoms with Gasteiger partial charge in [-0.05, 0) is 12.1 Å². The number of rotatable bonds is 3. The van der Waals surface area contributed by atoms with Gasteiger partial charge >= 0.3 is 6.09 Å². The molecule has 0 aliphatic heterocycles. The first kappa shape index (κ1) is 11.1. The number of benzene rings is 1. The summed E-state index contributed by atoms with van der Waals surface area (Å²) in [6.45, 7) is 0.112. The molecule has 1 N–H and O–H groups in total. The minimum Gasteiger partial charge on any atom is -0.447 e. The molecule has 6 heteroatoms. The molecule has 1 aromatic carbocycles. The Bertz CT molecular complexity index is 499. The maximum absolute atomic E-state index is 12.8. The van der Waals surface area contributed by atoms with Crippen LogP contribution in [0.4, 0.5) is 9.18 Å². The summed E-state index contributed by atoms with van der Waals surface area (Å²) in [5.74, 6) is 0.0269. The van der Waals surface area contributed by atoms with Gasteiger partial charge in [0.1, 0.15) is 17.8 Å². The van der Waals surface area contributed by atoms with Crippen LogP contribution in [0, 0.1) is 5.82 Å². The van der Waals surface area contributed by atoms with Crippen molar-refractivity contribution in [2.24, 2.45) is 0 Å². The largest absolute Gasteiger partial charge is 0.447 e. The summed E-state index contributed by atoms with van der Waals surface area (Å²) >= 11 is 0. The molecule has 0 fully saturated rings. The normalized spacial score (nSPS) is 9.94. The summed E-state index contributed by atoms with van der Waals surface area (Å²) in [4.78, 5) is 15.1. The van der Waals surface area contributed by atoms with E-state index in [0.29, 0.717) is 5.89 Å². The van der Waals surface area contributed by atoms with Gasteiger partial charge in [0.2, 0.25) is 5.89 Å². The number of nitrogens with zero attached hydrogens (tertiary/aromatic N) is 1. The highest BCUT2D eigenvalue weighted by Gasteiger charge is 2.06. The number of carbonyl (C=O) groups is 1. The van der Waals surface area contributed by atoms with E-state index in [1.165, 1.54) is 30.7 Å².